The minimum Gasteiger partial charge on any atom is -0.507 e. The lowest BCUT2D eigenvalue weighted by Gasteiger charge is -2.43. The number of phenolic OH excluding ortho intramolecular Hbond substituents is 2. The summed E-state index contributed by atoms with van der Waals surface area (Å²) in [6.45, 7) is 1.83. The molecule has 14 nitrogen and oxygen atoms in total. The largest absolute Gasteiger partial charge is 0.507 e. The van der Waals surface area contributed by atoms with Crippen LogP contribution in [-0.4, -0.2) is 112 Å². The average molecular weight is 824 g/mol. The molecule has 0 saturated carbocycles. The van der Waals surface area contributed by atoms with E-state index >= 15 is 0 Å². The first kappa shape index (κ1) is 43.3. The third kappa shape index (κ3) is 7.52. The molecule has 2 aliphatic carbocycles. The topological polar surface area (TPSA) is 215 Å². The summed E-state index contributed by atoms with van der Waals surface area (Å²) in [5.41, 5.74) is -5.72. The van der Waals surface area contributed by atoms with Crippen LogP contribution >= 0.6 is 0 Å². The second-order valence-corrected chi connectivity index (χ2v) is 13.8. The number of ether oxygens (including phenoxy) is 4. The Balaban J connectivity index is 1.56. The first-order valence-electron chi connectivity index (χ1n) is 17.3. The lowest BCUT2D eigenvalue weighted by molar-refractivity contribution is -0.344. The van der Waals surface area contributed by atoms with Crippen LogP contribution in [0.3, 0.4) is 0 Å². The molecule has 0 radical (unpaired) electrons. The lowest BCUT2D eigenvalue weighted by Crippen LogP contribution is -2.63. The van der Waals surface area contributed by atoms with Crippen molar-refractivity contribution in [1.82, 2.24) is 5.32 Å². The normalized spacial score (nSPS) is 24.9. The molecule has 1 fully saturated rings. The molecule has 2 aromatic carbocycles. The van der Waals surface area contributed by atoms with Crippen molar-refractivity contribution in [1.29, 1.82) is 0 Å². The van der Waals surface area contributed by atoms with Crippen LogP contribution in [0.5, 0.6) is 17.2 Å². The Kier molecular flexibility index (Phi) is 11.7. The summed E-state index contributed by atoms with van der Waals surface area (Å²) in [4.78, 5) is 65.6. The number of benzene rings is 2. The molecule has 0 spiro atoms. The number of carbonyl (C=O) groups is 5. The van der Waals surface area contributed by atoms with Crippen molar-refractivity contribution in [3.8, 4) is 17.2 Å². The van der Waals surface area contributed by atoms with E-state index in [0.717, 1.165) is 6.92 Å². The summed E-state index contributed by atoms with van der Waals surface area (Å²) in [5, 5.41) is 46.9. The fraction of sp³-hybridized carbons (Fsp3) is 0.528. The molecular weight excluding hydrogens is 787 g/mol. The highest BCUT2D eigenvalue weighted by molar-refractivity contribution is 6.31. The smallest absolute Gasteiger partial charge is 0.460 e. The number of phenols is 2. The average Bonchev–Trinajstić information content (AvgIpc) is 3.14. The lowest BCUT2D eigenvalue weighted by atomic mass is 9.72. The number of esters is 1. The van der Waals surface area contributed by atoms with Crippen LogP contribution in [0.4, 0.5) is 30.7 Å². The van der Waals surface area contributed by atoms with Crippen molar-refractivity contribution in [3.63, 3.8) is 0 Å². The first-order chi connectivity index (χ1) is 26.4. The van der Waals surface area contributed by atoms with Gasteiger partial charge in [0, 0.05) is 42.4 Å². The van der Waals surface area contributed by atoms with Crippen molar-refractivity contribution in [3.05, 3.63) is 51.6 Å². The predicted molar refractivity (Wildman–Crippen MR) is 175 cm³/mol. The molecule has 0 bridgehead atoms. The highest BCUT2D eigenvalue weighted by Crippen LogP contribution is 2.53. The summed E-state index contributed by atoms with van der Waals surface area (Å²) in [5.74, 6) is -22.4. The van der Waals surface area contributed by atoms with Crippen molar-refractivity contribution >= 4 is 29.2 Å². The highest BCUT2D eigenvalue weighted by Gasteiger charge is 2.76. The molecule has 21 heteroatoms. The zero-order chi connectivity index (χ0) is 42.6. The summed E-state index contributed by atoms with van der Waals surface area (Å²) in [6, 6.07) is 1.87. The molecule has 4 unspecified atom stereocenters. The number of aliphatic hydroxyl groups excluding tert-OH is 1. The number of halogens is 7. The van der Waals surface area contributed by atoms with E-state index in [4.69, 9.17) is 18.9 Å². The van der Waals surface area contributed by atoms with E-state index in [-0.39, 0.29) is 23.3 Å². The summed E-state index contributed by atoms with van der Waals surface area (Å²) < 4.78 is 116. The number of amides is 1. The minimum absolute atomic E-state index is 0.0828. The van der Waals surface area contributed by atoms with Gasteiger partial charge in [-0.05, 0) is 19.4 Å². The van der Waals surface area contributed by atoms with Crippen molar-refractivity contribution < 1.29 is 94.1 Å². The quantitative estimate of drug-likeness (QED) is 0.100. The molecular formula is C36H36F7NO13. The highest BCUT2D eigenvalue weighted by atomic mass is 19.4. The Labute approximate surface area is 317 Å². The fourth-order valence-corrected chi connectivity index (χ4v) is 6.96. The van der Waals surface area contributed by atoms with E-state index in [9.17, 15) is 75.1 Å². The zero-order valence-corrected chi connectivity index (χ0v) is 30.2. The molecule has 3 aliphatic rings. The third-order valence-electron chi connectivity index (χ3n) is 10.1. The number of aliphatic hydroxyl groups is 2. The van der Waals surface area contributed by atoms with Crippen molar-refractivity contribution in [2.24, 2.45) is 0 Å². The molecule has 6 atom stereocenters. The summed E-state index contributed by atoms with van der Waals surface area (Å²) >= 11 is 0. The molecule has 1 saturated heterocycles. The number of hydrogen-bond donors (Lipinski definition) is 5. The standard InChI is InChI=1S/C36H36F7NO13/c1-4-5-9-21(46)55-13-20(45)33(53)11-16-24(31(51)26-25(29(16)49)28(48)15-7-6-8-18(54-3)23(15)30(26)50)19(12-33)57-22-10-17(27(47)14(2)56-22)44-32(52)34(37,38)35(39,40)36(41,42)43/h6-8,14,17,19,22,27,47,49,51,53H,4-5,9-13H2,1-3H3,(H,44,52)/t14?,17?,19-,22?,27?,33+/m0/s1. The van der Waals surface area contributed by atoms with Crippen LogP contribution in [0.25, 0.3) is 0 Å². The summed E-state index contributed by atoms with van der Waals surface area (Å²) in [6.07, 6.45) is -16.0. The minimum atomic E-state index is -6.86. The van der Waals surface area contributed by atoms with Gasteiger partial charge in [-0.2, -0.15) is 30.7 Å². The second kappa shape index (κ2) is 15.5. The molecule has 1 aliphatic heterocycles. The van der Waals surface area contributed by atoms with Crippen molar-refractivity contribution in [2.45, 2.75) is 107 Å². The fourth-order valence-electron chi connectivity index (χ4n) is 6.96. The van der Waals surface area contributed by atoms with Gasteiger partial charge in [-0.1, -0.05) is 25.5 Å². The van der Waals surface area contributed by atoms with Gasteiger partial charge in [-0.25, -0.2) is 0 Å². The van der Waals surface area contributed by atoms with Crippen LogP contribution < -0.4 is 10.1 Å². The van der Waals surface area contributed by atoms with Crippen LogP contribution in [0, 0.1) is 0 Å². The van der Waals surface area contributed by atoms with E-state index < -0.39 is 143 Å². The number of carbonyl (C=O) groups excluding carboxylic acids is 5. The van der Waals surface area contributed by atoms with E-state index in [2.05, 4.69) is 0 Å². The van der Waals surface area contributed by atoms with Gasteiger partial charge >= 0.3 is 24.0 Å². The zero-order valence-electron chi connectivity index (χ0n) is 30.2. The number of hydrogen-bond acceptors (Lipinski definition) is 13. The van der Waals surface area contributed by atoms with Crippen LogP contribution in [0.1, 0.15) is 95.0 Å². The van der Waals surface area contributed by atoms with Gasteiger partial charge < -0.3 is 44.7 Å². The number of aromatic hydroxyl groups is 2. The van der Waals surface area contributed by atoms with Crippen LogP contribution in [0.2, 0.25) is 0 Å². The van der Waals surface area contributed by atoms with Gasteiger partial charge in [0.2, 0.25) is 11.6 Å². The molecule has 0 aromatic heterocycles. The Bertz CT molecular complexity index is 1990. The SMILES string of the molecule is CCCCC(=O)OCC(=O)[C@@]1(O)Cc2c(O)c3c(c(O)c2[C@@H](OC2CC(NC(=O)C(F)(F)C(F)(F)C(F)(F)F)C(O)C(C)O2)C1)C(=O)c1c(OC)cccc1C3=O. The Hall–Kier alpha value is -4.86. The van der Waals surface area contributed by atoms with Gasteiger partial charge in [0.25, 0.3) is 5.91 Å². The monoisotopic (exact) mass is 823 g/mol. The van der Waals surface area contributed by atoms with Gasteiger partial charge in [0.05, 0.1) is 42.0 Å². The first-order valence-corrected chi connectivity index (χ1v) is 17.3. The van der Waals surface area contributed by atoms with Gasteiger partial charge in [-0.3, -0.25) is 24.0 Å². The maximum Gasteiger partial charge on any atom is 0.460 e. The van der Waals surface area contributed by atoms with Crippen LogP contribution in [-0.2, 0) is 35.0 Å². The Morgan fingerprint density at radius 1 is 1.00 bits per heavy atom. The number of methoxy groups -OCH3 is 1. The molecule has 5 N–H and O–H groups in total. The number of fused-ring (bicyclic) bond motifs is 3. The Morgan fingerprint density at radius 3 is 2.26 bits per heavy atom. The van der Waals surface area contributed by atoms with Crippen molar-refractivity contribution in [2.75, 3.05) is 13.7 Å². The molecule has 2 aromatic rings. The number of unbranched alkanes of at least 4 members (excludes halogenated alkanes) is 1. The van der Waals surface area contributed by atoms with E-state index in [1.165, 1.54) is 30.6 Å². The van der Waals surface area contributed by atoms with Gasteiger partial charge in [-0.15, -0.1) is 0 Å². The van der Waals surface area contributed by atoms with E-state index in [1.807, 2.05) is 0 Å². The maximum absolute atomic E-state index is 14.2. The predicted octanol–water partition coefficient (Wildman–Crippen LogP) is 3.73. The van der Waals surface area contributed by atoms with Gasteiger partial charge in [0.15, 0.2) is 18.7 Å². The molecule has 312 valence electrons. The second-order valence-electron chi connectivity index (χ2n) is 13.8. The molecule has 57 heavy (non-hydrogen) atoms. The number of rotatable bonds is 12. The molecule has 5 rings (SSSR count). The third-order valence-corrected chi connectivity index (χ3v) is 10.1. The van der Waals surface area contributed by atoms with E-state index in [1.54, 1.807) is 6.92 Å². The molecule has 1 amide bonds. The Morgan fingerprint density at radius 2 is 1.65 bits per heavy atom. The number of nitrogens with one attached hydrogen (secondary N) is 1. The van der Waals surface area contributed by atoms with E-state index in [0.29, 0.717) is 12.8 Å². The maximum atomic E-state index is 14.2. The molecule has 1 heterocycles. The van der Waals surface area contributed by atoms with Crippen LogP contribution in [0.15, 0.2) is 18.2 Å². The number of alkyl halides is 7. The van der Waals surface area contributed by atoms with Gasteiger partial charge in [0.1, 0.15) is 29.0 Å². The summed E-state index contributed by atoms with van der Waals surface area (Å²) in [7, 11) is 1.19. The number of ketones is 3. The number of Topliss-reactive ketones (excluding diaryl/α,β-unsaturated/α-hetero) is 1.